The molecular weight excluding hydrogens is 246 g/mol. The van der Waals surface area contributed by atoms with Gasteiger partial charge >= 0.3 is 0 Å². The van der Waals surface area contributed by atoms with E-state index in [2.05, 4.69) is 52.9 Å². The summed E-state index contributed by atoms with van der Waals surface area (Å²) in [5.74, 6) is 5.65. The fourth-order valence-corrected chi connectivity index (χ4v) is 2.40. The molecule has 0 spiro atoms. The third kappa shape index (κ3) is 5.11. The van der Waals surface area contributed by atoms with Gasteiger partial charge < -0.3 is 0 Å². The molecule has 0 aliphatic rings. The van der Waals surface area contributed by atoms with Crippen LogP contribution in [0.5, 0.6) is 0 Å². The van der Waals surface area contributed by atoms with Gasteiger partial charge in [-0.1, -0.05) is 30.3 Å². The van der Waals surface area contributed by atoms with Crippen LogP contribution in [0.15, 0.2) is 54.9 Å². The molecule has 0 saturated carbocycles. The molecule has 2 rings (SSSR count). The summed E-state index contributed by atoms with van der Waals surface area (Å²) in [5.41, 5.74) is 5.67. The van der Waals surface area contributed by atoms with Crippen molar-refractivity contribution in [2.45, 2.75) is 38.1 Å². The molecule has 1 heterocycles. The van der Waals surface area contributed by atoms with E-state index in [-0.39, 0.29) is 0 Å². The normalized spacial score (nSPS) is 12.2. The van der Waals surface area contributed by atoms with E-state index in [0.29, 0.717) is 6.04 Å². The van der Waals surface area contributed by atoms with Crippen molar-refractivity contribution in [2.75, 3.05) is 0 Å². The molecule has 0 radical (unpaired) electrons. The van der Waals surface area contributed by atoms with Crippen molar-refractivity contribution < 1.29 is 0 Å². The van der Waals surface area contributed by atoms with E-state index in [4.69, 9.17) is 5.84 Å². The Morgan fingerprint density at radius 1 is 0.900 bits per heavy atom. The summed E-state index contributed by atoms with van der Waals surface area (Å²) in [6.45, 7) is 0. The van der Waals surface area contributed by atoms with E-state index in [1.807, 2.05) is 12.4 Å². The van der Waals surface area contributed by atoms with Crippen molar-refractivity contribution in [3.63, 3.8) is 0 Å². The largest absolute Gasteiger partial charge is 0.271 e. The van der Waals surface area contributed by atoms with Crippen LogP contribution in [0.2, 0.25) is 0 Å². The van der Waals surface area contributed by atoms with Crippen LogP contribution in [-0.4, -0.2) is 11.0 Å². The van der Waals surface area contributed by atoms with Gasteiger partial charge in [0.05, 0.1) is 0 Å². The zero-order chi connectivity index (χ0) is 14.0. The SMILES string of the molecule is NNC(CCCc1ccccc1)CCc1ccncc1. The second kappa shape index (κ2) is 8.46. The maximum Gasteiger partial charge on any atom is 0.0270 e. The first-order valence-corrected chi connectivity index (χ1v) is 7.27. The van der Waals surface area contributed by atoms with E-state index in [9.17, 15) is 0 Å². The fourth-order valence-electron chi connectivity index (χ4n) is 2.40. The molecule has 3 heteroatoms. The quantitative estimate of drug-likeness (QED) is 0.572. The standard InChI is InChI=1S/C17H23N3/c18-20-17(10-9-16-11-13-19-14-12-16)8-4-7-15-5-2-1-3-6-15/h1-3,5-6,11-14,17,20H,4,7-10,18H2. The Balaban J connectivity index is 1.70. The zero-order valence-electron chi connectivity index (χ0n) is 11.8. The maximum atomic E-state index is 5.65. The lowest BCUT2D eigenvalue weighted by atomic mass is 10.00. The number of aryl methyl sites for hydroxylation is 2. The number of hydrogen-bond acceptors (Lipinski definition) is 3. The number of rotatable bonds is 8. The highest BCUT2D eigenvalue weighted by atomic mass is 15.2. The highest BCUT2D eigenvalue weighted by molar-refractivity contribution is 5.14. The van der Waals surface area contributed by atoms with Crippen LogP contribution in [-0.2, 0) is 12.8 Å². The van der Waals surface area contributed by atoms with Crippen molar-refractivity contribution in [3.05, 3.63) is 66.0 Å². The molecule has 1 aromatic heterocycles. The minimum absolute atomic E-state index is 0.381. The van der Waals surface area contributed by atoms with Gasteiger partial charge in [0.25, 0.3) is 0 Å². The van der Waals surface area contributed by atoms with Crippen LogP contribution in [0.25, 0.3) is 0 Å². The number of hydrogen-bond donors (Lipinski definition) is 2. The van der Waals surface area contributed by atoms with Crippen molar-refractivity contribution in [2.24, 2.45) is 5.84 Å². The lowest BCUT2D eigenvalue weighted by Gasteiger charge is -2.15. The predicted octanol–water partition coefficient (Wildman–Crippen LogP) is 2.87. The average molecular weight is 269 g/mol. The number of aromatic nitrogens is 1. The average Bonchev–Trinajstić information content (AvgIpc) is 2.52. The van der Waals surface area contributed by atoms with E-state index in [1.54, 1.807) is 0 Å². The number of nitrogens with one attached hydrogen (secondary N) is 1. The number of nitrogens with two attached hydrogens (primary N) is 1. The van der Waals surface area contributed by atoms with Gasteiger partial charge in [-0.05, 0) is 55.4 Å². The first-order chi connectivity index (χ1) is 9.88. The van der Waals surface area contributed by atoms with E-state index in [1.165, 1.54) is 11.1 Å². The van der Waals surface area contributed by atoms with Crippen molar-refractivity contribution >= 4 is 0 Å². The Morgan fingerprint density at radius 2 is 1.60 bits per heavy atom. The summed E-state index contributed by atoms with van der Waals surface area (Å²) < 4.78 is 0. The number of nitrogens with zero attached hydrogens (tertiary/aromatic N) is 1. The minimum atomic E-state index is 0.381. The minimum Gasteiger partial charge on any atom is -0.271 e. The molecule has 1 unspecified atom stereocenters. The van der Waals surface area contributed by atoms with Gasteiger partial charge in [0.15, 0.2) is 0 Å². The van der Waals surface area contributed by atoms with Gasteiger partial charge in [0.1, 0.15) is 0 Å². The van der Waals surface area contributed by atoms with Gasteiger partial charge in [0.2, 0.25) is 0 Å². The Kier molecular flexibility index (Phi) is 6.21. The van der Waals surface area contributed by atoms with Crippen LogP contribution in [0.3, 0.4) is 0 Å². The summed E-state index contributed by atoms with van der Waals surface area (Å²) in [5, 5.41) is 0. The fraction of sp³-hybridized carbons (Fsp3) is 0.353. The van der Waals surface area contributed by atoms with Gasteiger partial charge in [-0.2, -0.15) is 0 Å². The van der Waals surface area contributed by atoms with Gasteiger partial charge in [-0.15, -0.1) is 0 Å². The molecule has 3 N–H and O–H groups in total. The number of benzene rings is 1. The second-order valence-corrected chi connectivity index (χ2v) is 5.14. The third-order valence-corrected chi connectivity index (χ3v) is 3.63. The topological polar surface area (TPSA) is 50.9 Å². The Bertz CT molecular complexity index is 470. The Morgan fingerprint density at radius 3 is 2.30 bits per heavy atom. The summed E-state index contributed by atoms with van der Waals surface area (Å²) in [6, 6.07) is 15.1. The van der Waals surface area contributed by atoms with Gasteiger partial charge in [-0.3, -0.25) is 16.3 Å². The lowest BCUT2D eigenvalue weighted by Crippen LogP contribution is -2.35. The molecule has 3 nitrogen and oxygen atoms in total. The monoisotopic (exact) mass is 269 g/mol. The van der Waals surface area contributed by atoms with Crippen LogP contribution in [0.1, 0.15) is 30.4 Å². The first-order valence-electron chi connectivity index (χ1n) is 7.27. The molecule has 0 bridgehead atoms. The van der Waals surface area contributed by atoms with Crippen molar-refractivity contribution in [1.29, 1.82) is 0 Å². The molecule has 0 amide bonds. The molecule has 1 aromatic carbocycles. The maximum absolute atomic E-state index is 5.65. The summed E-state index contributed by atoms with van der Waals surface area (Å²) >= 11 is 0. The highest BCUT2D eigenvalue weighted by Gasteiger charge is 2.06. The molecule has 0 aliphatic carbocycles. The van der Waals surface area contributed by atoms with Crippen LogP contribution < -0.4 is 11.3 Å². The summed E-state index contributed by atoms with van der Waals surface area (Å²) in [7, 11) is 0. The molecule has 106 valence electrons. The summed E-state index contributed by atoms with van der Waals surface area (Å²) in [6.07, 6.45) is 9.18. The molecule has 0 aliphatic heterocycles. The van der Waals surface area contributed by atoms with Crippen LogP contribution in [0, 0.1) is 0 Å². The van der Waals surface area contributed by atoms with Crippen molar-refractivity contribution in [3.8, 4) is 0 Å². The highest BCUT2D eigenvalue weighted by Crippen LogP contribution is 2.10. The van der Waals surface area contributed by atoms with Gasteiger partial charge in [-0.25, -0.2) is 0 Å². The number of pyridine rings is 1. The predicted molar refractivity (Wildman–Crippen MR) is 83.0 cm³/mol. The Hall–Kier alpha value is -1.71. The summed E-state index contributed by atoms with van der Waals surface area (Å²) in [4.78, 5) is 4.04. The van der Waals surface area contributed by atoms with Crippen LogP contribution in [0.4, 0.5) is 0 Å². The smallest absolute Gasteiger partial charge is 0.0270 e. The molecule has 0 saturated heterocycles. The first kappa shape index (κ1) is 14.7. The molecule has 1 atom stereocenters. The van der Waals surface area contributed by atoms with E-state index >= 15 is 0 Å². The van der Waals surface area contributed by atoms with E-state index < -0.39 is 0 Å². The van der Waals surface area contributed by atoms with Crippen molar-refractivity contribution in [1.82, 2.24) is 10.4 Å². The Labute approximate surface area is 121 Å². The molecule has 0 fully saturated rings. The molecule has 2 aromatic rings. The lowest BCUT2D eigenvalue weighted by molar-refractivity contribution is 0.451. The third-order valence-electron chi connectivity index (χ3n) is 3.63. The second-order valence-electron chi connectivity index (χ2n) is 5.14. The molecular formula is C17H23N3. The van der Waals surface area contributed by atoms with Crippen LogP contribution >= 0.6 is 0 Å². The van der Waals surface area contributed by atoms with E-state index in [0.717, 1.165) is 32.1 Å². The molecule has 20 heavy (non-hydrogen) atoms. The zero-order valence-corrected chi connectivity index (χ0v) is 11.8. The number of hydrazine groups is 1. The van der Waals surface area contributed by atoms with Gasteiger partial charge in [0, 0.05) is 18.4 Å².